The van der Waals surface area contributed by atoms with Gasteiger partial charge < -0.3 is 21.1 Å². The Morgan fingerprint density at radius 1 is 1.04 bits per heavy atom. The summed E-state index contributed by atoms with van der Waals surface area (Å²) in [6.45, 7) is 2.13. The zero-order valence-electron chi connectivity index (χ0n) is 25.8. The van der Waals surface area contributed by atoms with Crippen molar-refractivity contribution in [1.29, 1.82) is 0 Å². The van der Waals surface area contributed by atoms with E-state index in [9.17, 15) is 19.2 Å². The van der Waals surface area contributed by atoms with E-state index in [-0.39, 0.29) is 30.0 Å². The van der Waals surface area contributed by atoms with Crippen molar-refractivity contribution >= 4 is 57.8 Å². The van der Waals surface area contributed by atoms with Crippen molar-refractivity contribution < 1.29 is 23.9 Å². The van der Waals surface area contributed by atoms with E-state index >= 15 is 0 Å². The van der Waals surface area contributed by atoms with Crippen molar-refractivity contribution in [2.24, 2.45) is 16.6 Å². The number of benzene rings is 2. The summed E-state index contributed by atoms with van der Waals surface area (Å²) < 4.78 is 5.24. The van der Waals surface area contributed by atoms with Crippen LogP contribution in [0.1, 0.15) is 64.9 Å². The topological polar surface area (TPSA) is 181 Å². The second kappa shape index (κ2) is 12.9. The number of piperidine rings is 1. The molecule has 3 aliphatic heterocycles. The first-order valence-electron chi connectivity index (χ1n) is 16.0. The molecule has 1 aromatic heterocycles. The molecule has 5 N–H and O–H groups in total. The van der Waals surface area contributed by atoms with Gasteiger partial charge in [-0.15, -0.1) is 0 Å². The summed E-state index contributed by atoms with van der Waals surface area (Å²) in [7, 11) is 0. The second-order valence-corrected chi connectivity index (χ2v) is 12.5. The third kappa shape index (κ3) is 6.30. The summed E-state index contributed by atoms with van der Waals surface area (Å²) in [6, 6.07) is 10.6. The van der Waals surface area contributed by atoms with Gasteiger partial charge in [0.15, 0.2) is 0 Å². The highest BCUT2D eigenvalue weighted by molar-refractivity contribution is 6.23. The normalized spacial score (nSPS) is 23.1. The minimum atomic E-state index is -0.971. The number of nitrogens with one attached hydrogen (secondary N) is 3. The number of carbonyl (C=O) groups is 4. The van der Waals surface area contributed by atoms with Crippen LogP contribution in [0.2, 0.25) is 0 Å². The number of nitrogens with two attached hydrogens (primary N) is 1. The van der Waals surface area contributed by atoms with Gasteiger partial charge in [0.2, 0.25) is 11.8 Å². The van der Waals surface area contributed by atoms with Crippen LogP contribution < -0.4 is 21.7 Å². The second-order valence-electron chi connectivity index (χ2n) is 12.5. The molecule has 242 valence electrons. The van der Waals surface area contributed by atoms with Gasteiger partial charge in [0.25, 0.3) is 11.8 Å². The molecule has 13 nitrogen and oxygen atoms in total. The van der Waals surface area contributed by atoms with Crippen LogP contribution in [0.5, 0.6) is 0 Å². The first-order valence-corrected chi connectivity index (χ1v) is 16.0. The van der Waals surface area contributed by atoms with Crippen LogP contribution in [0, 0.1) is 5.92 Å². The Hall–Kier alpha value is -5.17. The van der Waals surface area contributed by atoms with E-state index < -0.39 is 29.7 Å². The van der Waals surface area contributed by atoms with Gasteiger partial charge in [-0.1, -0.05) is 0 Å². The molecular weight excluding hydrogens is 600 g/mol. The fourth-order valence-corrected chi connectivity index (χ4v) is 6.44. The first kappa shape index (κ1) is 30.5. The van der Waals surface area contributed by atoms with Gasteiger partial charge in [-0.3, -0.25) is 39.4 Å². The summed E-state index contributed by atoms with van der Waals surface area (Å²) in [5, 5.41) is 9.01. The van der Waals surface area contributed by atoms with E-state index in [1.54, 1.807) is 30.6 Å². The minimum Gasteiger partial charge on any atom is -0.404 e. The molecule has 1 unspecified atom stereocenters. The highest BCUT2D eigenvalue weighted by Gasteiger charge is 2.44. The summed E-state index contributed by atoms with van der Waals surface area (Å²) in [4.78, 5) is 64.8. The van der Waals surface area contributed by atoms with E-state index in [0.717, 1.165) is 58.6 Å². The summed E-state index contributed by atoms with van der Waals surface area (Å²) in [6.07, 6.45) is 9.26. The summed E-state index contributed by atoms with van der Waals surface area (Å²) >= 11 is 0. The van der Waals surface area contributed by atoms with Gasteiger partial charge in [-0.2, -0.15) is 0 Å². The van der Waals surface area contributed by atoms with Crippen LogP contribution in [0.4, 0.5) is 11.4 Å². The number of nitrogens with zero attached hydrogens (tertiary/aromatic N) is 4. The Morgan fingerprint density at radius 2 is 1.85 bits per heavy atom. The number of ether oxygens (including phenoxy) is 1. The van der Waals surface area contributed by atoms with Crippen LogP contribution in [-0.2, 0) is 14.3 Å². The van der Waals surface area contributed by atoms with E-state index in [0.29, 0.717) is 37.4 Å². The SMILES string of the molecule is N/C=C(\C=NC1CC(CCCNc2ccc3c(c2)C(=O)N(C2CCC(=O)NC2=O)C3=O)C1)c1cnc2ccc(NC3COC3)cc2n1. The van der Waals surface area contributed by atoms with Gasteiger partial charge in [-0.05, 0) is 74.4 Å². The van der Waals surface area contributed by atoms with E-state index in [2.05, 4.69) is 20.9 Å². The van der Waals surface area contributed by atoms with Crippen molar-refractivity contribution in [2.75, 3.05) is 30.4 Å². The predicted octanol–water partition coefficient (Wildman–Crippen LogP) is 2.88. The number of aliphatic imine (C=N–C) groups is 1. The lowest BCUT2D eigenvalue weighted by Crippen LogP contribution is -2.54. The van der Waals surface area contributed by atoms with Crippen molar-refractivity contribution in [3.63, 3.8) is 0 Å². The Kier molecular flexibility index (Phi) is 8.37. The lowest BCUT2D eigenvalue weighted by Gasteiger charge is -2.32. The Balaban J connectivity index is 0.865. The average molecular weight is 637 g/mol. The number of hydrogen-bond acceptors (Lipinski definition) is 11. The maximum atomic E-state index is 13.1. The molecule has 2 saturated heterocycles. The molecular formula is C34H36N8O5. The number of allylic oxidation sites excluding steroid dienone is 1. The zero-order chi connectivity index (χ0) is 32.5. The average Bonchev–Trinajstić information content (AvgIpc) is 3.27. The molecule has 47 heavy (non-hydrogen) atoms. The molecule has 3 aromatic rings. The molecule has 0 spiro atoms. The number of fused-ring (bicyclic) bond motifs is 2. The minimum absolute atomic E-state index is 0.0907. The smallest absolute Gasteiger partial charge is 0.262 e. The van der Waals surface area contributed by atoms with Crippen molar-refractivity contribution in [2.45, 2.75) is 56.7 Å². The van der Waals surface area contributed by atoms with Gasteiger partial charge >= 0.3 is 0 Å². The highest BCUT2D eigenvalue weighted by atomic mass is 16.5. The molecule has 2 aromatic carbocycles. The predicted molar refractivity (Wildman–Crippen MR) is 176 cm³/mol. The van der Waals surface area contributed by atoms with Crippen LogP contribution in [0.25, 0.3) is 16.6 Å². The number of aromatic nitrogens is 2. The van der Waals surface area contributed by atoms with E-state index in [1.165, 1.54) is 6.20 Å². The largest absolute Gasteiger partial charge is 0.404 e. The Morgan fingerprint density at radius 3 is 2.62 bits per heavy atom. The van der Waals surface area contributed by atoms with Gasteiger partial charge in [0.1, 0.15) is 6.04 Å². The van der Waals surface area contributed by atoms with Crippen molar-refractivity contribution in [3.8, 4) is 0 Å². The molecule has 1 aliphatic carbocycles. The molecule has 1 atom stereocenters. The fourth-order valence-electron chi connectivity index (χ4n) is 6.44. The number of anilines is 2. The fraction of sp³-hybridized carbons (Fsp3) is 0.382. The Labute approximate surface area is 271 Å². The van der Waals surface area contributed by atoms with Gasteiger partial charge in [0.05, 0.1) is 59.3 Å². The van der Waals surface area contributed by atoms with Crippen LogP contribution in [-0.4, -0.2) is 82.6 Å². The number of hydrogen-bond donors (Lipinski definition) is 4. The molecule has 0 bridgehead atoms. The Bertz CT molecular complexity index is 1810. The van der Waals surface area contributed by atoms with Gasteiger partial charge in [-0.25, -0.2) is 4.98 Å². The zero-order valence-corrected chi connectivity index (χ0v) is 25.8. The van der Waals surface area contributed by atoms with Crippen molar-refractivity contribution in [3.05, 3.63) is 65.6 Å². The monoisotopic (exact) mass is 636 g/mol. The van der Waals surface area contributed by atoms with Crippen LogP contribution in [0.15, 0.2) is 53.8 Å². The van der Waals surface area contributed by atoms with Crippen LogP contribution >= 0.6 is 0 Å². The molecule has 4 aliphatic rings. The molecule has 4 heterocycles. The molecule has 1 saturated carbocycles. The van der Waals surface area contributed by atoms with E-state index in [1.807, 2.05) is 18.2 Å². The third-order valence-corrected chi connectivity index (χ3v) is 9.22. The maximum absolute atomic E-state index is 13.1. The third-order valence-electron chi connectivity index (χ3n) is 9.22. The van der Waals surface area contributed by atoms with Crippen molar-refractivity contribution in [1.82, 2.24) is 20.2 Å². The standard InChI is InChI=1S/C34H36N8O5/c35-14-20(29-16-38-27-6-4-22(13-28(27)40-29)39-24-17-47-18-24)15-37-23-10-19(11-23)2-1-9-36-21-3-5-25-26(12-21)34(46)42(33(25)45)30-7-8-31(43)41-32(30)44/h3-6,12-16,19,23-24,30,36,39H,1-2,7-11,17-18,35H2,(H,41,43,44)/b20-14+,37-15?. The number of rotatable bonds is 11. The molecule has 0 radical (unpaired) electrons. The quantitative estimate of drug-likeness (QED) is 0.139. The number of amides is 4. The lowest BCUT2D eigenvalue weighted by molar-refractivity contribution is -0.136. The molecule has 4 amide bonds. The summed E-state index contributed by atoms with van der Waals surface area (Å²) in [5.74, 6) is -1.44. The number of imide groups is 2. The molecule has 3 fully saturated rings. The lowest BCUT2D eigenvalue weighted by atomic mass is 9.78. The van der Waals surface area contributed by atoms with Gasteiger partial charge in [0, 0.05) is 42.3 Å². The highest BCUT2D eigenvalue weighted by Crippen LogP contribution is 2.34. The number of carbonyl (C=O) groups excluding carboxylic acids is 4. The van der Waals surface area contributed by atoms with E-state index in [4.69, 9.17) is 20.4 Å². The summed E-state index contributed by atoms with van der Waals surface area (Å²) in [5.41, 5.74) is 11.2. The van der Waals surface area contributed by atoms with Crippen LogP contribution in [0.3, 0.4) is 0 Å². The molecule has 7 rings (SSSR count). The molecule has 13 heteroatoms. The first-order chi connectivity index (χ1) is 22.9. The maximum Gasteiger partial charge on any atom is 0.262 e.